The number of nitrogens with zero attached hydrogens (tertiary/aromatic N) is 2. The third kappa shape index (κ3) is 3.87. The zero-order valence-electron chi connectivity index (χ0n) is 12.9. The van der Waals surface area contributed by atoms with Crippen LogP contribution in [-0.2, 0) is 0 Å². The molecule has 0 aliphatic rings. The zero-order chi connectivity index (χ0) is 19.4. The number of nitro benzene ring substituents is 2. The van der Waals surface area contributed by atoms with Crippen LogP contribution in [0.4, 0.5) is 11.4 Å². The number of hydrogen-bond donors (Lipinski definition) is 2. The Kier molecular flexibility index (Phi) is 5.07. The zero-order valence-corrected chi connectivity index (χ0v) is 12.9. The average Bonchev–Trinajstić information content (AvgIpc) is 2.59. The number of benzene rings is 2. The van der Waals surface area contributed by atoms with Crippen molar-refractivity contribution < 1.29 is 29.6 Å². The van der Waals surface area contributed by atoms with Crippen molar-refractivity contribution in [3.63, 3.8) is 0 Å². The minimum absolute atomic E-state index is 0.322. The fourth-order valence-corrected chi connectivity index (χ4v) is 2.17. The van der Waals surface area contributed by atoms with Gasteiger partial charge in [0, 0.05) is 12.1 Å². The summed E-state index contributed by atoms with van der Waals surface area (Å²) >= 11 is 0. The molecule has 132 valence electrons. The first kappa shape index (κ1) is 18.3. The van der Waals surface area contributed by atoms with Crippen LogP contribution in [0.25, 0.3) is 12.2 Å². The van der Waals surface area contributed by atoms with E-state index in [1.54, 1.807) is 0 Å². The summed E-state index contributed by atoms with van der Waals surface area (Å²) in [4.78, 5) is 42.2. The molecule has 0 amide bonds. The second-order valence-electron chi connectivity index (χ2n) is 5.01. The quantitative estimate of drug-likeness (QED) is 0.452. The Morgan fingerprint density at radius 1 is 0.769 bits per heavy atom. The second kappa shape index (κ2) is 7.21. The maximum Gasteiger partial charge on any atom is 0.342 e. The van der Waals surface area contributed by atoms with Gasteiger partial charge in [-0.2, -0.15) is 0 Å². The van der Waals surface area contributed by atoms with Gasteiger partial charge in [-0.05, 0) is 35.4 Å². The van der Waals surface area contributed by atoms with E-state index in [9.17, 15) is 29.8 Å². The summed E-state index contributed by atoms with van der Waals surface area (Å²) in [5.74, 6) is -2.93. The van der Waals surface area contributed by atoms with E-state index in [0.717, 1.165) is 24.3 Å². The van der Waals surface area contributed by atoms with E-state index >= 15 is 0 Å². The molecule has 10 heteroatoms. The second-order valence-corrected chi connectivity index (χ2v) is 5.01. The van der Waals surface area contributed by atoms with Gasteiger partial charge in [0.1, 0.15) is 11.1 Å². The van der Waals surface area contributed by atoms with Crippen molar-refractivity contribution in [3.05, 3.63) is 78.9 Å². The Balaban J connectivity index is 2.41. The predicted molar refractivity (Wildman–Crippen MR) is 89.0 cm³/mol. The molecule has 0 aromatic heterocycles. The van der Waals surface area contributed by atoms with Gasteiger partial charge in [0.2, 0.25) is 0 Å². The van der Waals surface area contributed by atoms with E-state index in [0.29, 0.717) is 11.1 Å². The van der Waals surface area contributed by atoms with Crippen molar-refractivity contribution in [1.29, 1.82) is 0 Å². The molecule has 2 rings (SSSR count). The Morgan fingerprint density at radius 2 is 1.12 bits per heavy atom. The van der Waals surface area contributed by atoms with Crippen molar-refractivity contribution >= 4 is 35.5 Å². The van der Waals surface area contributed by atoms with Gasteiger partial charge in [-0.25, -0.2) is 9.59 Å². The highest BCUT2D eigenvalue weighted by Gasteiger charge is 2.20. The maximum absolute atomic E-state index is 11.1. The van der Waals surface area contributed by atoms with E-state index in [1.807, 2.05) is 0 Å². The van der Waals surface area contributed by atoms with Gasteiger partial charge in [-0.1, -0.05) is 12.2 Å². The fraction of sp³-hybridized carbons (Fsp3) is 0. The number of carboxylic acids is 2. The summed E-state index contributed by atoms with van der Waals surface area (Å²) in [7, 11) is 0. The highest BCUT2D eigenvalue weighted by molar-refractivity contribution is 5.94. The standard InChI is InChI=1S/C16H10N2O8/c19-15(20)11-7-9(3-5-13(11)17(23)24)1-2-10-4-6-14(18(25)26)12(8-10)16(21)22/h1-8H,(H,19,20)(H,21,22). The Labute approximate surface area is 144 Å². The molecule has 0 aliphatic heterocycles. The van der Waals surface area contributed by atoms with Gasteiger partial charge in [0.25, 0.3) is 11.4 Å². The van der Waals surface area contributed by atoms with Crippen LogP contribution < -0.4 is 0 Å². The third-order valence-corrected chi connectivity index (χ3v) is 3.36. The lowest BCUT2D eigenvalue weighted by molar-refractivity contribution is -0.385. The Morgan fingerprint density at radius 3 is 1.38 bits per heavy atom. The van der Waals surface area contributed by atoms with Crippen LogP contribution in [0.5, 0.6) is 0 Å². The molecule has 0 aliphatic carbocycles. The van der Waals surface area contributed by atoms with E-state index in [1.165, 1.54) is 24.3 Å². The predicted octanol–water partition coefficient (Wildman–Crippen LogP) is 3.07. The SMILES string of the molecule is O=C(O)c1cc(C=Cc2ccc([N+](=O)[O-])c(C(=O)O)c2)ccc1[N+](=O)[O-]. The van der Waals surface area contributed by atoms with E-state index < -0.39 is 44.3 Å². The first-order valence-corrected chi connectivity index (χ1v) is 6.92. The Hall–Kier alpha value is -4.08. The number of carboxylic acid groups (broad SMARTS) is 2. The minimum Gasteiger partial charge on any atom is -0.477 e. The topological polar surface area (TPSA) is 161 Å². The monoisotopic (exact) mass is 358 g/mol. The van der Waals surface area contributed by atoms with Crippen LogP contribution in [-0.4, -0.2) is 32.0 Å². The molecule has 0 radical (unpaired) electrons. The summed E-state index contributed by atoms with van der Waals surface area (Å²) < 4.78 is 0. The molecular weight excluding hydrogens is 348 g/mol. The molecule has 0 unspecified atom stereocenters. The van der Waals surface area contributed by atoms with Crippen LogP contribution in [0.2, 0.25) is 0 Å². The van der Waals surface area contributed by atoms with Crippen molar-refractivity contribution in [2.24, 2.45) is 0 Å². The smallest absolute Gasteiger partial charge is 0.342 e. The molecule has 2 aromatic carbocycles. The summed E-state index contributed by atoms with van der Waals surface area (Å²) in [5, 5.41) is 39.7. The van der Waals surface area contributed by atoms with Crippen LogP contribution in [0.1, 0.15) is 31.8 Å². The Bertz CT molecular complexity index is 887. The normalized spacial score (nSPS) is 10.6. The molecule has 0 heterocycles. The van der Waals surface area contributed by atoms with Crippen molar-refractivity contribution in [1.82, 2.24) is 0 Å². The lowest BCUT2D eigenvalue weighted by Crippen LogP contribution is -2.03. The van der Waals surface area contributed by atoms with E-state index in [-0.39, 0.29) is 0 Å². The summed E-state index contributed by atoms with van der Waals surface area (Å²) in [6, 6.07) is 6.93. The van der Waals surface area contributed by atoms with Gasteiger partial charge in [0.15, 0.2) is 0 Å². The number of hydrogen-bond acceptors (Lipinski definition) is 6. The molecule has 0 saturated heterocycles. The maximum atomic E-state index is 11.1. The molecular formula is C16H10N2O8. The largest absolute Gasteiger partial charge is 0.477 e. The molecule has 0 bridgehead atoms. The molecule has 0 saturated carbocycles. The van der Waals surface area contributed by atoms with E-state index in [4.69, 9.17) is 10.2 Å². The van der Waals surface area contributed by atoms with Crippen molar-refractivity contribution in [2.75, 3.05) is 0 Å². The number of rotatable bonds is 6. The number of carbonyl (C=O) groups is 2. The lowest BCUT2D eigenvalue weighted by atomic mass is 10.1. The number of nitro groups is 2. The molecule has 0 fully saturated rings. The van der Waals surface area contributed by atoms with E-state index in [2.05, 4.69) is 0 Å². The van der Waals surface area contributed by atoms with Gasteiger partial charge in [-0.15, -0.1) is 0 Å². The van der Waals surface area contributed by atoms with Crippen molar-refractivity contribution in [3.8, 4) is 0 Å². The molecule has 2 N–H and O–H groups in total. The van der Waals surface area contributed by atoms with Crippen LogP contribution in [0.15, 0.2) is 36.4 Å². The first-order chi connectivity index (χ1) is 12.2. The van der Waals surface area contributed by atoms with Crippen LogP contribution in [0, 0.1) is 20.2 Å². The summed E-state index contributed by atoms with van der Waals surface area (Å²) in [5.41, 5.74) is -1.46. The van der Waals surface area contributed by atoms with Gasteiger partial charge >= 0.3 is 11.9 Å². The lowest BCUT2D eigenvalue weighted by Gasteiger charge is -2.01. The minimum atomic E-state index is -1.46. The molecule has 10 nitrogen and oxygen atoms in total. The molecule has 0 atom stereocenters. The van der Waals surface area contributed by atoms with Crippen LogP contribution in [0.3, 0.4) is 0 Å². The van der Waals surface area contributed by atoms with Gasteiger partial charge in [0.05, 0.1) is 9.85 Å². The van der Waals surface area contributed by atoms with Crippen molar-refractivity contribution in [2.45, 2.75) is 0 Å². The third-order valence-electron chi connectivity index (χ3n) is 3.36. The van der Waals surface area contributed by atoms with Gasteiger partial charge < -0.3 is 10.2 Å². The van der Waals surface area contributed by atoms with Gasteiger partial charge in [-0.3, -0.25) is 20.2 Å². The highest BCUT2D eigenvalue weighted by atomic mass is 16.6. The summed E-state index contributed by atoms with van der Waals surface area (Å²) in [6.45, 7) is 0. The molecule has 26 heavy (non-hydrogen) atoms. The molecule has 0 spiro atoms. The summed E-state index contributed by atoms with van der Waals surface area (Å²) in [6.07, 6.45) is 2.81. The highest BCUT2D eigenvalue weighted by Crippen LogP contribution is 2.23. The fourth-order valence-electron chi connectivity index (χ4n) is 2.17. The number of aromatic carboxylic acids is 2. The van der Waals surface area contributed by atoms with Crippen LogP contribution >= 0.6 is 0 Å². The average molecular weight is 358 g/mol. The first-order valence-electron chi connectivity index (χ1n) is 6.92. The molecule has 2 aromatic rings.